The van der Waals surface area contributed by atoms with Crippen LogP contribution in [0.4, 0.5) is 0 Å². The first kappa shape index (κ1) is 16.0. The van der Waals surface area contributed by atoms with Gasteiger partial charge in [-0.2, -0.15) is 0 Å². The highest BCUT2D eigenvalue weighted by molar-refractivity contribution is 4.20. The number of hydrogen-bond acceptors (Lipinski definition) is 1. The van der Waals surface area contributed by atoms with Crippen LogP contribution in [0.5, 0.6) is 0 Å². The minimum absolute atomic E-state index is 0. The molecule has 1 heteroatoms. The maximum absolute atomic E-state index is 2.17. The summed E-state index contributed by atoms with van der Waals surface area (Å²) in [7, 11) is 6.00. The molecule has 0 aromatic heterocycles. The second-order valence-corrected chi connectivity index (χ2v) is 3.07. The molecule has 0 fully saturated rings. The molecule has 0 atom stereocenters. The van der Waals surface area contributed by atoms with Gasteiger partial charge in [0.15, 0.2) is 0 Å². The fourth-order valence-electron chi connectivity index (χ4n) is 0. The van der Waals surface area contributed by atoms with Gasteiger partial charge in [0, 0.05) is 0 Å². The Morgan fingerprint density at radius 3 is 0.889 bits per heavy atom. The van der Waals surface area contributed by atoms with E-state index < -0.39 is 0 Å². The van der Waals surface area contributed by atoms with Gasteiger partial charge in [0.1, 0.15) is 0 Å². The van der Waals surface area contributed by atoms with E-state index in [1.807, 2.05) is 26.0 Å². The molecule has 9 heavy (non-hydrogen) atoms. The highest BCUT2D eigenvalue weighted by Gasteiger charge is 1.68. The number of nitrogens with zero attached hydrogens (tertiary/aromatic N) is 1. The van der Waals surface area contributed by atoms with Crippen molar-refractivity contribution < 1.29 is 0 Å². The summed E-state index contributed by atoms with van der Waals surface area (Å²) in [6.07, 6.45) is 0. The molecule has 0 heterocycles. The van der Waals surface area contributed by atoms with Crippen LogP contribution in [0.25, 0.3) is 0 Å². The van der Waals surface area contributed by atoms with Gasteiger partial charge in [0.05, 0.1) is 0 Å². The molecule has 0 rings (SSSR count). The molecule has 0 amide bonds. The predicted octanol–water partition coefficient (Wildman–Crippen LogP) is 2.48. The molecule has 60 valence electrons. The van der Waals surface area contributed by atoms with Crippen molar-refractivity contribution in [3.8, 4) is 0 Å². The van der Waals surface area contributed by atoms with Crippen molar-refractivity contribution in [2.45, 2.75) is 28.2 Å². The summed E-state index contributed by atoms with van der Waals surface area (Å²) < 4.78 is 0. The van der Waals surface area contributed by atoms with Gasteiger partial charge < -0.3 is 4.90 Å². The lowest BCUT2D eigenvalue weighted by atomic mass is 10.3. The Bertz CT molecular complexity index is 20.0. The number of hydrogen-bond donors (Lipinski definition) is 0. The summed E-state index contributed by atoms with van der Waals surface area (Å²) >= 11 is 0. The van der Waals surface area contributed by atoms with Crippen molar-refractivity contribution in [2.75, 3.05) is 21.1 Å². The molecule has 0 spiro atoms. The third-order valence-corrected chi connectivity index (χ3v) is 0. The molecule has 1 nitrogen and oxygen atoms in total. The van der Waals surface area contributed by atoms with E-state index >= 15 is 0 Å². The van der Waals surface area contributed by atoms with Crippen LogP contribution in [-0.4, -0.2) is 26.0 Å². The summed E-state index contributed by atoms with van der Waals surface area (Å²) in [5.41, 5.74) is 0. The van der Waals surface area contributed by atoms with Crippen LogP contribution >= 0.6 is 0 Å². The second-order valence-electron chi connectivity index (χ2n) is 3.07. The summed E-state index contributed by atoms with van der Waals surface area (Å²) in [4.78, 5) is 2.00. The Kier molecular flexibility index (Phi) is 19.3. The lowest BCUT2D eigenvalue weighted by Crippen LogP contribution is -1.99. The first-order valence-corrected chi connectivity index (χ1v) is 3.07. The van der Waals surface area contributed by atoms with Gasteiger partial charge in [-0.1, -0.05) is 28.2 Å². The van der Waals surface area contributed by atoms with Crippen LogP contribution in [0.15, 0.2) is 0 Å². The third kappa shape index (κ3) is 177000. The van der Waals surface area contributed by atoms with Crippen molar-refractivity contribution in [1.29, 1.82) is 0 Å². The minimum atomic E-state index is 0. The zero-order chi connectivity index (χ0) is 7.15. The van der Waals surface area contributed by atoms with Crippen LogP contribution in [0.2, 0.25) is 0 Å². The van der Waals surface area contributed by atoms with Gasteiger partial charge in [0.2, 0.25) is 0 Å². The highest BCUT2D eigenvalue weighted by atomic mass is 15.0. The van der Waals surface area contributed by atoms with Crippen molar-refractivity contribution in [3.05, 3.63) is 0 Å². The van der Waals surface area contributed by atoms with E-state index in [1.165, 1.54) is 0 Å². The first-order valence-electron chi connectivity index (χ1n) is 3.07. The van der Waals surface area contributed by atoms with Gasteiger partial charge >= 0.3 is 0 Å². The average Bonchev–Trinajstić information content (AvgIpc) is 1.25. The summed E-state index contributed by atoms with van der Waals surface area (Å²) in [5.74, 6) is 0.833. The van der Waals surface area contributed by atoms with E-state index in [9.17, 15) is 0 Å². The van der Waals surface area contributed by atoms with Gasteiger partial charge in [-0.05, 0) is 27.1 Å². The van der Waals surface area contributed by atoms with Crippen LogP contribution in [0.1, 0.15) is 28.2 Å². The predicted molar refractivity (Wildman–Crippen MR) is 46.9 cm³/mol. The maximum atomic E-state index is 2.17. The van der Waals surface area contributed by atoms with E-state index in [1.54, 1.807) is 0 Å². The van der Waals surface area contributed by atoms with E-state index in [0.717, 1.165) is 5.92 Å². The van der Waals surface area contributed by atoms with Gasteiger partial charge in [-0.3, -0.25) is 0 Å². The zero-order valence-corrected chi connectivity index (χ0v) is 7.02. The minimum Gasteiger partial charge on any atom is -0.312 e. The Hall–Kier alpha value is -0.0400. The number of rotatable bonds is 0. The molecule has 0 bridgehead atoms. The molecule has 0 aliphatic carbocycles. The Labute approximate surface area is 61.1 Å². The summed E-state index contributed by atoms with van der Waals surface area (Å²) in [6.45, 7) is 6.50. The van der Waals surface area contributed by atoms with E-state index in [0.29, 0.717) is 0 Å². The summed E-state index contributed by atoms with van der Waals surface area (Å²) in [6, 6.07) is 0. The van der Waals surface area contributed by atoms with Crippen LogP contribution in [-0.2, 0) is 0 Å². The Morgan fingerprint density at radius 1 is 0.889 bits per heavy atom. The van der Waals surface area contributed by atoms with Crippen molar-refractivity contribution in [3.63, 3.8) is 0 Å². The molecule has 0 aliphatic rings. The van der Waals surface area contributed by atoms with E-state index in [2.05, 4.69) is 20.8 Å². The maximum Gasteiger partial charge on any atom is -0.0140 e. The second kappa shape index (κ2) is 10.9. The van der Waals surface area contributed by atoms with Gasteiger partial charge in [0.25, 0.3) is 0 Å². The molecule has 0 unspecified atom stereocenters. The van der Waals surface area contributed by atoms with Crippen molar-refractivity contribution >= 4 is 0 Å². The highest BCUT2D eigenvalue weighted by Crippen LogP contribution is 1.81. The molecule has 0 saturated heterocycles. The third-order valence-electron chi connectivity index (χ3n) is 0. The average molecular weight is 133 g/mol. The quantitative estimate of drug-likeness (QED) is 0.490. The molecule has 0 N–H and O–H groups in total. The van der Waals surface area contributed by atoms with E-state index in [-0.39, 0.29) is 7.43 Å². The van der Waals surface area contributed by atoms with Crippen molar-refractivity contribution in [2.24, 2.45) is 5.92 Å². The van der Waals surface area contributed by atoms with E-state index in [4.69, 9.17) is 0 Å². The fourth-order valence-corrected chi connectivity index (χ4v) is 0. The molecule has 0 radical (unpaired) electrons. The molecular formula is C8H23N. The SMILES string of the molecule is C.CC(C)C.CN(C)C. The molecule has 0 aromatic carbocycles. The van der Waals surface area contributed by atoms with Gasteiger partial charge in [-0.15, -0.1) is 0 Å². The Balaban J connectivity index is -0.0000000720. The van der Waals surface area contributed by atoms with Crippen molar-refractivity contribution in [1.82, 2.24) is 4.90 Å². The largest absolute Gasteiger partial charge is 0.312 e. The van der Waals surface area contributed by atoms with Gasteiger partial charge in [-0.25, -0.2) is 0 Å². The van der Waals surface area contributed by atoms with Crippen LogP contribution in [0, 0.1) is 5.92 Å². The zero-order valence-electron chi connectivity index (χ0n) is 7.02. The smallest absolute Gasteiger partial charge is 0.0140 e. The molecule has 0 aromatic rings. The molecular weight excluding hydrogens is 110 g/mol. The normalized spacial score (nSPS) is 8.00. The lowest BCUT2D eigenvalue weighted by Gasteiger charge is -1.90. The lowest BCUT2D eigenvalue weighted by molar-refractivity contribution is 0.505. The van der Waals surface area contributed by atoms with Crippen LogP contribution in [0.3, 0.4) is 0 Å². The molecule has 0 aliphatic heterocycles. The molecule has 0 saturated carbocycles. The fraction of sp³-hybridized carbons (Fsp3) is 1.00. The first-order chi connectivity index (χ1) is 3.46. The van der Waals surface area contributed by atoms with Crippen LogP contribution < -0.4 is 0 Å². The monoisotopic (exact) mass is 133 g/mol. The Morgan fingerprint density at radius 2 is 0.889 bits per heavy atom. The summed E-state index contributed by atoms with van der Waals surface area (Å²) in [5, 5.41) is 0. The topological polar surface area (TPSA) is 3.24 Å². The standard InChI is InChI=1S/C4H10.C3H9N.CH4/c2*1-4(2)3;/h4H,1-3H3;1-3H3;1H4.